The van der Waals surface area contributed by atoms with Crippen LogP contribution in [0.3, 0.4) is 0 Å². The summed E-state index contributed by atoms with van der Waals surface area (Å²) in [5.41, 5.74) is 7.32. The van der Waals surface area contributed by atoms with Gasteiger partial charge in [-0.25, -0.2) is 4.98 Å². The quantitative estimate of drug-likeness (QED) is 0.152. The summed E-state index contributed by atoms with van der Waals surface area (Å²) in [6.45, 7) is 6.21. The monoisotopic (exact) mass is 677 g/mol. The van der Waals surface area contributed by atoms with Gasteiger partial charge in [-0.05, 0) is 57.1 Å². The second-order valence-electron chi connectivity index (χ2n) is 12.0. The largest absolute Gasteiger partial charge is 0.496 e. The number of nitrogens with zero attached hydrogens (tertiary/aromatic N) is 3. The maximum Gasteiger partial charge on any atom is 0.220 e. The standard InChI is InChI=1S/C36H41Cl2N5O4/c1-21-15-24(16-31(46-4)29(21)20-43(3)19-22(2)44)35-34(38)27(13-14-40-35)26-7-6-8-28(33(26)37)30-11-9-23(36(42-30)47-5)17-39-18-25-10-12-32(45)41-25/h6-9,11,13-16,22,25,39,44H,10,12,17-20H2,1-5H3,(H,41,45)/t22?,25-/m0/s1. The van der Waals surface area contributed by atoms with Crippen LogP contribution in [0.15, 0.2) is 54.7 Å². The number of aliphatic hydroxyl groups is 1. The summed E-state index contributed by atoms with van der Waals surface area (Å²) >= 11 is 14.2. The lowest BCUT2D eigenvalue weighted by molar-refractivity contribution is -0.119. The number of likely N-dealkylation sites (N-methyl/N-ethyl adjacent to an activating group) is 1. The molecule has 0 radical (unpaired) electrons. The van der Waals surface area contributed by atoms with Gasteiger partial charge in [0.25, 0.3) is 0 Å². The highest BCUT2D eigenvalue weighted by atomic mass is 35.5. The summed E-state index contributed by atoms with van der Waals surface area (Å²) < 4.78 is 11.4. The first-order valence-corrected chi connectivity index (χ1v) is 16.4. The third-order valence-corrected chi connectivity index (χ3v) is 9.10. The Morgan fingerprint density at radius 1 is 1.09 bits per heavy atom. The van der Waals surface area contributed by atoms with Crippen LogP contribution in [-0.4, -0.2) is 72.4 Å². The molecule has 2 atom stereocenters. The number of hydrogen-bond acceptors (Lipinski definition) is 8. The summed E-state index contributed by atoms with van der Waals surface area (Å²) in [5, 5.41) is 17.2. The van der Waals surface area contributed by atoms with E-state index in [0.717, 1.165) is 51.1 Å². The molecule has 2 aromatic carbocycles. The Morgan fingerprint density at radius 2 is 1.85 bits per heavy atom. The number of rotatable bonds is 13. The molecule has 248 valence electrons. The maximum absolute atomic E-state index is 11.5. The van der Waals surface area contributed by atoms with Crippen LogP contribution < -0.4 is 20.1 Å². The predicted molar refractivity (Wildman–Crippen MR) is 187 cm³/mol. The van der Waals surface area contributed by atoms with Crippen molar-refractivity contribution in [2.75, 3.05) is 34.4 Å². The molecule has 5 rings (SSSR count). The Bertz CT molecular complexity index is 1750. The normalized spacial score (nSPS) is 15.2. The number of benzene rings is 2. The lowest BCUT2D eigenvalue weighted by Crippen LogP contribution is -2.35. The van der Waals surface area contributed by atoms with Gasteiger partial charge < -0.3 is 25.2 Å². The molecular weight excluding hydrogens is 637 g/mol. The predicted octanol–water partition coefficient (Wildman–Crippen LogP) is 6.29. The average Bonchev–Trinajstić information content (AvgIpc) is 3.46. The highest BCUT2D eigenvalue weighted by Crippen LogP contribution is 2.42. The Hall–Kier alpha value is -3.73. The fraction of sp³-hybridized carbons (Fsp3) is 0.361. The molecule has 1 aliphatic heterocycles. The number of methoxy groups -OCH3 is 2. The number of aryl methyl sites for hydroxylation is 1. The van der Waals surface area contributed by atoms with Gasteiger partial charge in [-0.2, -0.15) is 0 Å². The molecule has 9 nitrogen and oxygen atoms in total. The minimum Gasteiger partial charge on any atom is -0.496 e. The van der Waals surface area contributed by atoms with E-state index >= 15 is 0 Å². The van der Waals surface area contributed by atoms with Crippen LogP contribution in [0.2, 0.25) is 10.0 Å². The van der Waals surface area contributed by atoms with Crippen LogP contribution in [-0.2, 0) is 17.9 Å². The van der Waals surface area contributed by atoms with Gasteiger partial charge in [-0.1, -0.05) is 47.5 Å². The molecule has 1 unspecified atom stereocenters. The van der Waals surface area contributed by atoms with E-state index in [0.29, 0.717) is 59.9 Å². The van der Waals surface area contributed by atoms with E-state index in [4.69, 9.17) is 37.7 Å². The van der Waals surface area contributed by atoms with Gasteiger partial charge >= 0.3 is 0 Å². The Morgan fingerprint density at radius 3 is 2.55 bits per heavy atom. The molecule has 1 fully saturated rings. The first-order valence-electron chi connectivity index (χ1n) is 15.6. The molecular formula is C36H41Cl2N5O4. The number of pyridine rings is 2. The molecule has 0 spiro atoms. The van der Waals surface area contributed by atoms with Crippen LogP contribution in [0.5, 0.6) is 11.6 Å². The number of aliphatic hydroxyl groups excluding tert-OH is 1. The average molecular weight is 679 g/mol. The highest BCUT2D eigenvalue weighted by molar-refractivity contribution is 6.39. The van der Waals surface area contributed by atoms with Crippen LogP contribution in [0, 0.1) is 6.92 Å². The van der Waals surface area contributed by atoms with Crippen LogP contribution >= 0.6 is 23.2 Å². The SMILES string of the molecule is COc1cc(-c2nccc(-c3cccc(-c4ccc(CNC[C@@H]5CCC(=O)N5)c(OC)n4)c3Cl)c2Cl)cc(C)c1CN(C)CC(C)O. The highest BCUT2D eigenvalue weighted by Gasteiger charge is 2.22. The first-order chi connectivity index (χ1) is 22.6. The second kappa shape index (κ2) is 15.4. The van der Waals surface area contributed by atoms with Crippen LogP contribution in [0.4, 0.5) is 0 Å². The van der Waals surface area contributed by atoms with Gasteiger partial charge in [0.1, 0.15) is 5.75 Å². The fourth-order valence-electron chi connectivity index (χ4n) is 6.02. The first kappa shape index (κ1) is 34.6. The molecule has 0 saturated carbocycles. The number of carbonyl (C=O) groups excluding carboxylic acids is 1. The topological polar surface area (TPSA) is 109 Å². The van der Waals surface area contributed by atoms with E-state index in [1.165, 1.54) is 0 Å². The number of carbonyl (C=O) groups is 1. The number of halogens is 2. The molecule has 47 heavy (non-hydrogen) atoms. The molecule has 11 heteroatoms. The summed E-state index contributed by atoms with van der Waals surface area (Å²) in [7, 11) is 5.22. The lowest BCUT2D eigenvalue weighted by atomic mass is 9.97. The molecule has 1 amide bonds. The Kier molecular flexibility index (Phi) is 11.4. The Labute approximate surface area is 286 Å². The number of nitrogens with one attached hydrogen (secondary N) is 2. The van der Waals surface area contributed by atoms with Gasteiger partial charge in [-0.3, -0.25) is 14.7 Å². The zero-order chi connectivity index (χ0) is 33.7. The van der Waals surface area contributed by atoms with E-state index in [1.807, 2.05) is 56.4 Å². The molecule has 4 aromatic rings. The molecule has 2 aromatic heterocycles. The van der Waals surface area contributed by atoms with Crippen molar-refractivity contribution >= 4 is 29.1 Å². The van der Waals surface area contributed by atoms with Crippen molar-refractivity contribution < 1.29 is 19.4 Å². The van der Waals surface area contributed by atoms with E-state index in [1.54, 1.807) is 27.3 Å². The summed E-state index contributed by atoms with van der Waals surface area (Å²) in [6.07, 6.45) is 2.71. The molecule has 3 N–H and O–H groups in total. The summed E-state index contributed by atoms with van der Waals surface area (Å²) in [5.74, 6) is 1.33. The third kappa shape index (κ3) is 8.05. The van der Waals surface area contributed by atoms with Gasteiger partial charge in [0, 0.05) is 78.2 Å². The second-order valence-corrected chi connectivity index (χ2v) is 12.8. The van der Waals surface area contributed by atoms with Crippen molar-refractivity contribution in [3.05, 3.63) is 81.5 Å². The van der Waals surface area contributed by atoms with Gasteiger partial charge in [0.05, 0.1) is 41.8 Å². The molecule has 1 aliphatic rings. The van der Waals surface area contributed by atoms with Gasteiger partial charge in [-0.15, -0.1) is 0 Å². The summed E-state index contributed by atoms with van der Waals surface area (Å²) in [6, 6.07) is 15.7. The van der Waals surface area contributed by atoms with Crippen molar-refractivity contribution in [1.82, 2.24) is 25.5 Å². The van der Waals surface area contributed by atoms with Crippen molar-refractivity contribution in [2.45, 2.75) is 51.9 Å². The number of ether oxygens (including phenoxy) is 2. The fourth-order valence-corrected chi connectivity index (χ4v) is 6.67. The molecule has 0 aliphatic carbocycles. The van der Waals surface area contributed by atoms with Crippen molar-refractivity contribution in [3.63, 3.8) is 0 Å². The minimum absolute atomic E-state index is 0.0990. The van der Waals surface area contributed by atoms with E-state index < -0.39 is 6.10 Å². The third-order valence-electron chi connectivity index (χ3n) is 8.31. The van der Waals surface area contributed by atoms with Gasteiger partial charge in [0.15, 0.2) is 0 Å². The number of aromatic nitrogens is 2. The molecule has 1 saturated heterocycles. The van der Waals surface area contributed by atoms with Crippen molar-refractivity contribution in [3.8, 4) is 45.3 Å². The number of amides is 1. The summed E-state index contributed by atoms with van der Waals surface area (Å²) in [4.78, 5) is 23.0. The minimum atomic E-state index is -0.431. The van der Waals surface area contributed by atoms with Gasteiger partial charge in [0.2, 0.25) is 11.8 Å². The van der Waals surface area contributed by atoms with E-state index in [2.05, 4.69) is 26.6 Å². The van der Waals surface area contributed by atoms with Crippen molar-refractivity contribution in [1.29, 1.82) is 0 Å². The smallest absolute Gasteiger partial charge is 0.220 e. The van der Waals surface area contributed by atoms with Crippen LogP contribution in [0.25, 0.3) is 33.6 Å². The lowest BCUT2D eigenvalue weighted by Gasteiger charge is -2.22. The van der Waals surface area contributed by atoms with E-state index in [-0.39, 0.29) is 11.9 Å². The molecule has 3 heterocycles. The zero-order valence-corrected chi connectivity index (χ0v) is 28.9. The van der Waals surface area contributed by atoms with Crippen molar-refractivity contribution in [2.24, 2.45) is 0 Å². The molecule has 0 bridgehead atoms. The maximum atomic E-state index is 11.5. The number of hydrogen-bond donors (Lipinski definition) is 3. The van der Waals surface area contributed by atoms with Crippen LogP contribution in [0.1, 0.15) is 36.5 Å². The Balaban J connectivity index is 1.42. The zero-order valence-electron chi connectivity index (χ0n) is 27.4. The van der Waals surface area contributed by atoms with E-state index in [9.17, 15) is 9.90 Å².